The second kappa shape index (κ2) is 70.8. The Bertz CT molecular complexity index is 2890. The second-order valence-electron chi connectivity index (χ2n) is 27.5. The van der Waals surface area contributed by atoms with Gasteiger partial charge in [0, 0.05) is 190 Å². The standard InChI is InChI=1S/C15H26O7.C13H24O6.C11H22O6.C11H20O6.C10H20O6.C10H18O6.C7H15O4P.C4H8O2.CH4/c1-7-21-10(16)8-9(2)11-12(17-3)13(18-4)14(19-5)15(20-6)22-11;1-8(6-7-14)9-10(15-2)11(16-3)12(17-4)13(18-5)19-9;2*1-6(12)7-8(13-2)9(14-3)10(15-4)11(16-5)17-7;2*1-12-7-6(5-11)16-10(15-4)9(14-3)8(7)13-2;1-4-10-7(8)6-12(3,9)11-5-2;1-3-6-4(2)5;/h8,11-15H,7H2,1-6H3;6,9-14H,7H2,1-5H3;6-12H,1-5H3;7-11H,1-5H3;6-11H,5H2,1-4H3;5-10H,1-4H3;4-6H2,1-3H3;3H2,1-2H3;1H4/b9-8+;8-6+;;;;;;;/t11-,12-,13+,14-,15+;9-,10-,11+,12-,13+;6?,7-,8-,9+,10-,11+;7-,8-,9+,10-,11+;2*6-,7-,8+,9-,10-;;;/m111111.../s1. The normalized spacial score (nSPS) is 33.7. The largest absolute Gasteiger partial charge is 0.466 e. The van der Waals surface area contributed by atoms with Crippen molar-refractivity contribution in [3.63, 3.8) is 0 Å². The van der Waals surface area contributed by atoms with Gasteiger partial charge in [-0.25, -0.2) is 4.79 Å². The van der Waals surface area contributed by atoms with Gasteiger partial charge in [0.2, 0.25) is 7.37 Å². The maximum absolute atomic E-state index is 11.6. The number of rotatable bonds is 39. The Hall–Kier alpha value is -3.90. The average Bonchev–Trinajstić information content (AvgIpc) is 0.994. The summed E-state index contributed by atoms with van der Waals surface area (Å²) in [6.07, 6.45) is -11.2. The minimum absolute atomic E-state index is 0. The number of esters is 3. The molecular formula is C82H157O43P. The molecule has 2 unspecified atom stereocenters. The van der Waals surface area contributed by atoms with Crippen LogP contribution in [0.1, 0.15) is 69.7 Å². The summed E-state index contributed by atoms with van der Waals surface area (Å²) in [6.45, 7) is 17.8. The molecular weight excluding hydrogens is 1700 g/mol. The molecule has 0 aromatic rings. The molecule has 0 radical (unpaired) electrons. The van der Waals surface area contributed by atoms with Gasteiger partial charge in [0.25, 0.3) is 0 Å². The highest BCUT2D eigenvalue weighted by molar-refractivity contribution is 7.59. The molecule has 6 rings (SSSR count). The summed E-state index contributed by atoms with van der Waals surface area (Å²) in [5.74, 6) is -1.22. The molecule has 6 heterocycles. The highest BCUT2D eigenvalue weighted by atomic mass is 31.2. The summed E-state index contributed by atoms with van der Waals surface area (Å²) in [5, 5.41) is 27.9. The van der Waals surface area contributed by atoms with Gasteiger partial charge in [0.05, 0.1) is 45.7 Å². The molecule has 0 amide bonds. The van der Waals surface area contributed by atoms with Gasteiger partial charge in [0.15, 0.2) is 49.8 Å². The Kier molecular flexibility index (Phi) is 70.9. The molecule has 0 aromatic carbocycles. The lowest BCUT2D eigenvalue weighted by Gasteiger charge is -2.45. The number of ketones is 1. The number of Topliss-reactive ketones (excluding diaryl/α,β-unsaturated/α-hetero) is 1. The fraction of sp³-hybridized carbons (Fsp3) is 0.890. The Morgan fingerprint density at radius 1 is 0.365 bits per heavy atom. The topological polar surface area (TPSA) is 477 Å². The van der Waals surface area contributed by atoms with Crippen LogP contribution >= 0.6 is 7.37 Å². The lowest BCUT2D eigenvalue weighted by Crippen LogP contribution is -2.62. The van der Waals surface area contributed by atoms with Crippen molar-refractivity contribution in [2.45, 2.75) is 260 Å². The third-order valence-corrected chi connectivity index (χ3v) is 21.7. The number of aliphatic hydroxyl groups excluding tert-OH is 3. The maximum Gasteiger partial charge on any atom is 0.330 e. The highest BCUT2D eigenvalue weighted by Crippen LogP contribution is 2.42. The van der Waals surface area contributed by atoms with Gasteiger partial charge < -0.3 is 181 Å². The first-order valence-corrected chi connectivity index (χ1v) is 42.4. The first-order valence-electron chi connectivity index (χ1n) is 40.1. The number of ether oxygens (including phenoxy) is 33. The van der Waals surface area contributed by atoms with Crippen molar-refractivity contribution in [1.29, 1.82) is 0 Å². The van der Waals surface area contributed by atoms with Crippen LogP contribution in [0.2, 0.25) is 0 Å². The Balaban J connectivity index is -0.00000139. The predicted octanol–water partition coefficient (Wildman–Crippen LogP) is 2.72. The molecule has 126 heavy (non-hydrogen) atoms. The number of carbonyl (C=O) groups excluding carboxylic acids is 5. The number of hydrogen-bond donors (Lipinski definition) is 3. The van der Waals surface area contributed by atoms with E-state index in [9.17, 15) is 38.8 Å². The predicted molar refractivity (Wildman–Crippen MR) is 451 cm³/mol. The molecule has 6 aliphatic heterocycles. The van der Waals surface area contributed by atoms with E-state index in [-0.39, 0.29) is 87.4 Å². The van der Waals surface area contributed by atoms with Crippen LogP contribution in [0.15, 0.2) is 23.3 Å². The zero-order valence-corrected chi connectivity index (χ0v) is 80.6. The number of methoxy groups -OCH3 is 24. The molecule has 0 aliphatic carbocycles. The average molecular weight is 1860 g/mol. The van der Waals surface area contributed by atoms with Gasteiger partial charge in [-0.05, 0) is 66.5 Å². The van der Waals surface area contributed by atoms with Crippen molar-refractivity contribution in [3.05, 3.63) is 23.3 Å². The lowest BCUT2D eigenvalue weighted by atomic mass is 9.93. The van der Waals surface area contributed by atoms with Crippen LogP contribution in [0, 0.1) is 0 Å². The number of aldehydes is 1. The molecule has 0 spiro atoms. The summed E-state index contributed by atoms with van der Waals surface area (Å²) < 4.78 is 192. The minimum atomic E-state index is -2.75. The molecule has 43 nitrogen and oxygen atoms in total. The van der Waals surface area contributed by atoms with Crippen molar-refractivity contribution >= 4 is 37.3 Å². The maximum atomic E-state index is 11.6. The summed E-state index contributed by atoms with van der Waals surface area (Å²) in [6, 6.07) is 0. The van der Waals surface area contributed by atoms with Crippen LogP contribution in [0.25, 0.3) is 0 Å². The second-order valence-corrected chi connectivity index (χ2v) is 30.1. The van der Waals surface area contributed by atoms with Gasteiger partial charge >= 0.3 is 17.9 Å². The van der Waals surface area contributed by atoms with E-state index in [0.717, 1.165) is 5.57 Å². The first-order chi connectivity index (χ1) is 59.6. The van der Waals surface area contributed by atoms with Crippen LogP contribution in [0.4, 0.5) is 0 Å². The molecule has 44 heteroatoms. The van der Waals surface area contributed by atoms with E-state index in [0.29, 0.717) is 38.3 Å². The van der Waals surface area contributed by atoms with E-state index in [1.807, 2.05) is 6.92 Å². The van der Waals surface area contributed by atoms with Crippen LogP contribution in [0.5, 0.6) is 0 Å². The van der Waals surface area contributed by atoms with E-state index in [2.05, 4.69) is 9.47 Å². The molecule has 3 N–H and O–H groups in total. The fourth-order valence-electron chi connectivity index (χ4n) is 14.2. The Morgan fingerprint density at radius 2 is 0.667 bits per heavy atom. The molecule has 0 bridgehead atoms. The van der Waals surface area contributed by atoms with Crippen molar-refractivity contribution in [1.82, 2.24) is 0 Å². The van der Waals surface area contributed by atoms with Crippen LogP contribution in [-0.4, -0.2) is 459 Å². The van der Waals surface area contributed by atoms with E-state index < -0.39 is 161 Å². The van der Waals surface area contributed by atoms with Crippen molar-refractivity contribution in [3.8, 4) is 0 Å². The summed E-state index contributed by atoms with van der Waals surface area (Å²) >= 11 is 0. The summed E-state index contributed by atoms with van der Waals surface area (Å²) in [5.41, 5.74) is 1.54. The van der Waals surface area contributed by atoms with Crippen molar-refractivity contribution < 1.29 is 205 Å². The summed E-state index contributed by atoms with van der Waals surface area (Å²) in [4.78, 5) is 54.7. The van der Waals surface area contributed by atoms with Crippen molar-refractivity contribution in [2.24, 2.45) is 0 Å². The first kappa shape index (κ1) is 126. The SMILES string of the molecule is C.CCOC(=O)/C=C(\C)[C@H]1O[C@H](OC)[C@H](OC)[C@@H](OC)[C@@H]1OC.CCOC(=O)CP(C)(=O)OCC.CCOC(C)=O.CO[C@@H]1O[C@H](C=O)[C@@H](OC)[C@H](OC)[C@H]1OC.CO[C@@H]1O[C@H](CO)[C@@H](OC)[C@H](OC)[C@H]1OC.CO[C@H]1O[C@H](/C(C)=C/CO)[C@@H](OC)[C@H](OC)[C@H]1OC.CO[C@H]1O[C@H](C(C)=O)[C@@H](OC)[C@H](OC)[C@H]1OC.CO[C@H]1O[C@H](C(C)O)[C@@H](OC)[C@H](OC)[C@H]1OC. The third-order valence-electron chi connectivity index (χ3n) is 20.0. The number of hydrogen-bond acceptors (Lipinski definition) is 43. The Labute approximate surface area is 745 Å². The lowest BCUT2D eigenvalue weighted by molar-refractivity contribution is -0.314. The fourth-order valence-corrected chi connectivity index (χ4v) is 15.4. The molecule has 6 aliphatic rings. The zero-order chi connectivity index (χ0) is 96.0. The molecule has 748 valence electrons. The van der Waals surface area contributed by atoms with E-state index >= 15 is 0 Å². The third kappa shape index (κ3) is 39.0. The van der Waals surface area contributed by atoms with E-state index in [4.69, 9.17) is 156 Å². The monoisotopic (exact) mass is 1860 g/mol. The minimum Gasteiger partial charge on any atom is -0.466 e. The van der Waals surface area contributed by atoms with E-state index in [1.165, 1.54) is 105 Å². The Morgan fingerprint density at radius 3 is 0.952 bits per heavy atom. The number of aliphatic hydroxyl groups is 3. The van der Waals surface area contributed by atoms with Gasteiger partial charge in [-0.15, -0.1) is 0 Å². The van der Waals surface area contributed by atoms with Crippen LogP contribution < -0.4 is 0 Å². The van der Waals surface area contributed by atoms with Gasteiger partial charge in [-0.1, -0.05) is 13.5 Å². The van der Waals surface area contributed by atoms with Gasteiger partial charge in [0.1, 0.15) is 153 Å². The van der Waals surface area contributed by atoms with Crippen LogP contribution in [-0.2, 0) is 189 Å². The van der Waals surface area contributed by atoms with E-state index in [1.54, 1.807) is 140 Å². The molecule has 0 saturated carbocycles. The highest BCUT2D eigenvalue weighted by Gasteiger charge is 2.54. The zero-order valence-electron chi connectivity index (χ0n) is 79.7. The molecule has 6 fully saturated rings. The molecule has 32 atom stereocenters. The number of carbonyl (C=O) groups is 5. The summed E-state index contributed by atoms with van der Waals surface area (Å²) in [7, 11) is 34.3. The smallest absolute Gasteiger partial charge is 0.330 e. The molecule has 0 aromatic heterocycles. The van der Waals surface area contributed by atoms with Gasteiger partial charge in [-0.2, -0.15) is 0 Å². The van der Waals surface area contributed by atoms with Crippen molar-refractivity contribution in [2.75, 3.05) is 223 Å². The molecule has 6 saturated heterocycles. The van der Waals surface area contributed by atoms with Gasteiger partial charge in [-0.3, -0.25) is 18.9 Å². The quantitative estimate of drug-likeness (QED) is 0.0199. The van der Waals surface area contributed by atoms with Crippen LogP contribution in [0.3, 0.4) is 0 Å².